The molecule has 0 aromatic heterocycles. The summed E-state index contributed by atoms with van der Waals surface area (Å²) < 4.78 is 81.0. The molecule has 6 aromatic rings. The first-order valence-electron chi connectivity index (χ1n) is 15.6. The van der Waals surface area contributed by atoms with Crippen molar-refractivity contribution in [1.29, 1.82) is 0 Å². The molecule has 0 heterocycles. The number of aryl methyl sites for hydroxylation is 1. The summed E-state index contributed by atoms with van der Waals surface area (Å²) in [4.78, 5) is 15.6. The summed E-state index contributed by atoms with van der Waals surface area (Å²) in [7, 11) is -6.27. The highest BCUT2D eigenvalue weighted by Crippen LogP contribution is 2.70. The Morgan fingerprint density at radius 3 is 1.75 bits per heavy atom. The summed E-state index contributed by atoms with van der Waals surface area (Å²) >= 11 is 7.78. The van der Waals surface area contributed by atoms with Crippen molar-refractivity contribution >= 4 is 49.6 Å². The van der Waals surface area contributed by atoms with Crippen LogP contribution in [0.15, 0.2) is 175 Å². The number of benzene rings is 6. The van der Waals surface area contributed by atoms with Crippen LogP contribution < -0.4 is 4.74 Å². The second kappa shape index (κ2) is 15.2. The van der Waals surface area contributed by atoms with Crippen LogP contribution in [0.3, 0.4) is 0 Å². The SMILES string of the molecule is COc1ccc(S(OS(=O)(=O)c2ccc(C)cc2)(c2ccc(Sc3ccc(Cl)c(C(=O)c4ccccc4)c3)cc2)c2ccc(C(F)(F)F)cc2)cc1. The molecule has 12 heteroatoms. The fraction of sp³-hybridized carbons (Fsp3) is 0.0750. The van der Waals surface area contributed by atoms with Crippen LogP contribution in [0.2, 0.25) is 5.02 Å². The number of ketones is 1. The van der Waals surface area contributed by atoms with Crippen molar-refractivity contribution in [3.63, 3.8) is 0 Å². The monoisotopic (exact) mass is 778 g/mol. The maximum atomic E-state index is 14.1. The van der Waals surface area contributed by atoms with E-state index in [0.29, 0.717) is 31.7 Å². The predicted molar refractivity (Wildman–Crippen MR) is 198 cm³/mol. The third kappa shape index (κ3) is 7.94. The van der Waals surface area contributed by atoms with Gasteiger partial charge in [-0.15, -0.1) is 0 Å². The minimum atomic E-state index is -4.61. The lowest BCUT2D eigenvalue weighted by molar-refractivity contribution is -0.137. The van der Waals surface area contributed by atoms with Crippen molar-refractivity contribution in [2.24, 2.45) is 0 Å². The van der Waals surface area contributed by atoms with Crippen LogP contribution in [-0.2, 0) is 19.9 Å². The lowest BCUT2D eigenvalue weighted by atomic mass is 10.0. The second-order valence-electron chi connectivity index (χ2n) is 11.5. The molecule has 0 aliphatic rings. The molecule has 6 aromatic carbocycles. The van der Waals surface area contributed by atoms with E-state index < -0.39 is 32.2 Å². The van der Waals surface area contributed by atoms with Gasteiger partial charge < -0.3 is 4.74 Å². The van der Waals surface area contributed by atoms with Crippen LogP contribution in [0.5, 0.6) is 5.75 Å². The number of hydrogen-bond donors (Lipinski definition) is 0. The maximum Gasteiger partial charge on any atom is 0.416 e. The number of carbonyl (C=O) groups is 1. The number of hydrogen-bond acceptors (Lipinski definition) is 6. The highest BCUT2D eigenvalue weighted by atomic mass is 35.5. The van der Waals surface area contributed by atoms with Gasteiger partial charge in [0.05, 0.1) is 22.6 Å². The second-order valence-corrected chi connectivity index (χ2v) is 17.5. The van der Waals surface area contributed by atoms with Gasteiger partial charge in [0, 0.05) is 35.6 Å². The Labute approximate surface area is 311 Å². The fourth-order valence-electron chi connectivity index (χ4n) is 5.33. The van der Waals surface area contributed by atoms with Crippen LogP contribution in [0.1, 0.15) is 27.0 Å². The Balaban J connectivity index is 1.47. The van der Waals surface area contributed by atoms with Gasteiger partial charge in [-0.25, -0.2) is 3.63 Å². The van der Waals surface area contributed by atoms with E-state index in [1.165, 1.54) is 43.1 Å². The number of halogens is 4. The van der Waals surface area contributed by atoms with Gasteiger partial charge in [-0.1, -0.05) is 71.4 Å². The summed E-state index contributed by atoms with van der Waals surface area (Å²) in [6, 6.07) is 38.0. The van der Waals surface area contributed by atoms with Crippen molar-refractivity contribution in [2.45, 2.75) is 42.5 Å². The molecule has 0 fully saturated rings. The van der Waals surface area contributed by atoms with Crippen LogP contribution in [0.4, 0.5) is 13.2 Å². The summed E-state index contributed by atoms with van der Waals surface area (Å²) in [5.74, 6) is 0.269. The Kier molecular flexibility index (Phi) is 10.9. The van der Waals surface area contributed by atoms with Gasteiger partial charge in [-0.3, -0.25) is 4.79 Å². The minimum absolute atomic E-state index is 0.105. The number of ether oxygens (including phenoxy) is 1. The molecule has 1 atom stereocenters. The summed E-state index contributed by atoms with van der Waals surface area (Å²) in [6.07, 6.45) is -4.61. The number of alkyl halides is 3. The molecule has 0 radical (unpaired) electrons. The molecule has 0 aliphatic carbocycles. The molecule has 52 heavy (non-hydrogen) atoms. The van der Waals surface area contributed by atoms with Gasteiger partial charge in [0.15, 0.2) is 5.78 Å². The molecular formula is C40H30ClF3O5S3. The molecule has 1 unspecified atom stereocenters. The van der Waals surface area contributed by atoms with E-state index in [1.54, 1.807) is 103 Å². The number of rotatable bonds is 11. The van der Waals surface area contributed by atoms with E-state index >= 15 is 0 Å². The number of methoxy groups -OCH3 is 1. The third-order valence-corrected chi connectivity index (χ3v) is 14.5. The maximum absolute atomic E-state index is 14.1. The van der Waals surface area contributed by atoms with E-state index in [0.717, 1.165) is 27.5 Å². The van der Waals surface area contributed by atoms with E-state index in [9.17, 15) is 26.4 Å². The Morgan fingerprint density at radius 1 is 0.673 bits per heavy atom. The van der Waals surface area contributed by atoms with Gasteiger partial charge in [0.1, 0.15) is 5.75 Å². The van der Waals surface area contributed by atoms with Crippen molar-refractivity contribution in [3.8, 4) is 5.75 Å². The molecule has 0 N–H and O–H groups in total. The summed E-state index contributed by atoms with van der Waals surface area (Å²) in [5, 5.41) is 0.310. The van der Waals surface area contributed by atoms with E-state index in [-0.39, 0.29) is 15.6 Å². The topological polar surface area (TPSA) is 69.7 Å². The molecule has 0 bridgehead atoms. The quantitative estimate of drug-likeness (QED) is 0.122. The van der Waals surface area contributed by atoms with Crippen LogP contribution >= 0.6 is 33.7 Å². The zero-order valence-electron chi connectivity index (χ0n) is 27.6. The van der Waals surface area contributed by atoms with Crippen molar-refractivity contribution in [2.75, 3.05) is 7.11 Å². The normalized spacial score (nSPS) is 13.6. The van der Waals surface area contributed by atoms with E-state index in [2.05, 4.69) is 0 Å². The van der Waals surface area contributed by atoms with Crippen LogP contribution in [-0.4, -0.2) is 21.3 Å². The zero-order chi connectivity index (χ0) is 37.1. The molecule has 0 saturated heterocycles. The Hall–Kier alpha value is -4.52. The summed E-state index contributed by atoms with van der Waals surface area (Å²) in [5.41, 5.74) is 0.786. The predicted octanol–water partition coefficient (Wildman–Crippen LogP) is 11.7. The Morgan fingerprint density at radius 2 is 1.19 bits per heavy atom. The fourth-order valence-corrected chi connectivity index (χ4v) is 11.6. The van der Waals surface area contributed by atoms with Crippen molar-refractivity contribution in [1.82, 2.24) is 0 Å². The molecule has 266 valence electrons. The largest absolute Gasteiger partial charge is 0.497 e. The molecule has 0 spiro atoms. The standard InChI is InChI=1S/C40H30ClF3O5S3/c1-27-8-17-36(18-9-27)52(46,47)49-51(34-21-12-30(48-2)13-22-34,33-19-10-29(11-20-33)40(42,43)44)35-23-14-31(15-24-35)50-32-16-25-38(41)37(26-32)39(45)28-6-4-3-5-7-28/h3-26H,1-2H3. The molecular weight excluding hydrogens is 749 g/mol. The molecule has 0 amide bonds. The summed E-state index contributed by atoms with van der Waals surface area (Å²) in [6.45, 7) is 1.82. The molecule has 5 nitrogen and oxygen atoms in total. The van der Waals surface area contributed by atoms with Crippen LogP contribution in [0, 0.1) is 6.92 Å². The minimum Gasteiger partial charge on any atom is -0.497 e. The number of carbonyl (C=O) groups excluding carboxylic acids is 1. The van der Waals surface area contributed by atoms with Gasteiger partial charge in [0.25, 0.3) is 0 Å². The first-order chi connectivity index (χ1) is 24.8. The van der Waals surface area contributed by atoms with Gasteiger partial charge in [-0.05, 0) is 120 Å². The zero-order valence-corrected chi connectivity index (χ0v) is 30.8. The first-order valence-corrected chi connectivity index (χ1v) is 19.8. The average molecular weight is 779 g/mol. The highest BCUT2D eigenvalue weighted by molar-refractivity contribution is 8.33. The lowest BCUT2D eigenvalue weighted by Crippen LogP contribution is -2.15. The smallest absolute Gasteiger partial charge is 0.416 e. The van der Waals surface area contributed by atoms with Crippen LogP contribution in [0.25, 0.3) is 0 Å². The molecule has 0 saturated carbocycles. The van der Waals surface area contributed by atoms with E-state index in [1.807, 2.05) is 13.0 Å². The van der Waals surface area contributed by atoms with Crippen molar-refractivity contribution in [3.05, 3.63) is 173 Å². The first kappa shape index (κ1) is 37.2. The van der Waals surface area contributed by atoms with E-state index in [4.69, 9.17) is 20.0 Å². The van der Waals surface area contributed by atoms with Crippen molar-refractivity contribution < 1.29 is 34.7 Å². The Bertz CT molecular complexity index is 2300. The van der Waals surface area contributed by atoms with Gasteiger partial charge >= 0.3 is 16.3 Å². The molecule has 6 rings (SSSR count). The van der Waals surface area contributed by atoms with Gasteiger partial charge in [0.2, 0.25) is 0 Å². The average Bonchev–Trinajstić information content (AvgIpc) is 3.15. The third-order valence-electron chi connectivity index (χ3n) is 8.02. The highest BCUT2D eigenvalue weighted by Gasteiger charge is 2.39. The molecule has 0 aliphatic heterocycles. The van der Waals surface area contributed by atoms with Gasteiger partial charge in [-0.2, -0.15) is 21.6 Å². The lowest BCUT2D eigenvalue weighted by Gasteiger charge is -2.39.